The molecule has 3 N–H and O–H groups in total. The number of aromatic nitrogens is 4. The first-order chi connectivity index (χ1) is 7.74. The van der Waals surface area contributed by atoms with Gasteiger partial charge < -0.3 is 10.5 Å². The molecule has 0 aromatic carbocycles. The van der Waals surface area contributed by atoms with Crippen molar-refractivity contribution >= 4 is 11.8 Å². The smallest absolute Gasteiger partial charge is 0.344 e. The summed E-state index contributed by atoms with van der Waals surface area (Å²) in [5, 5.41) is 6.34. The molecule has 2 aromatic rings. The quantitative estimate of drug-likeness (QED) is 0.700. The van der Waals surface area contributed by atoms with Gasteiger partial charge >= 0.3 is 5.97 Å². The highest BCUT2D eigenvalue weighted by atomic mass is 16.5. The Kier molecular flexibility index (Phi) is 2.50. The van der Waals surface area contributed by atoms with Crippen LogP contribution in [0.2, 0.25) is 0 Å². The van der Waals surface area contributed by atoms with Crippen LogP contribution in [0, 0.1) is 0 Å². The molecule has 0 saturated carbocycles. The highest BCUT2D eigenvalue weighted by Crippen LogP contribution is 2.22. The molecule has 2 aromatic heterocycles. The Hall–Kier alpha value is -2.44. The van der Waals surface area contributed by atoms with E-state index >= 15 is 0 Å². The topological polar surface area (TPSA) is 107 Å². The summed E-state index contributed by atoms with van der Waals surface area (Å²) in [5.74, 6) is -0.171. The van der Waals surface area contributed by atoms with Gasteiger partial charge in [-0.2, -0.15) is 5.10 Å². The van der Waals surface area contributed by atoms with Crippen molar-refractivity contribution < 1.29 is 9.53 Å². The number of nitrogens with one attached hydrogen (secondary N) is 1. The zero-order valence-corrected chi connectivity index (χ0v) is 8.47. The number of carbonyl (C=O) groups is 1. The van der Waals surface area contributed by atoms with Crippen LogP contribution in [0.3, 0.4) is 0 Å². The lowest BCUT2D eigenvalue weighted by Gasteiger charge is -2.00. The Labute approximate surface area is 90.7 Å². The number of methoxy groups -OCH3 is 1. The van der Waals surface area contributed by atoms with Crippen LogP contribution in [0.25, 0.3) is 11.5 Å². The summed E-state index contributed by atoms with van der Waals surface area (Å²) in [6.07, 6.45) is 3.11. The number of H-pyrrole nitrogens is 1. The van der Waals surface area contributed by atoms with Crippen molar-refractivity contribution in [2.75, 3.05) is 12.8 Å². The molecule has 0 unspecified atom stereocenters. The Balaban J connectivity index is 2.55. The average Bonchev–Trinajstić information content (AvgIpc) is 2.71. The summed E-state index contributed by atoms with van der Waals surface area (Å²) < 4.78 is 4.60. The summed E-state index contributed by atoms with van der Waals surface area (Å²) in [5.41, 5.74) is 6.06. The normalized spacial score (nSPS) is 10.1. The lowest BCUT2D eigenvalue weighted by atomic mass is 10.2. The predicted octanol–water partition coefficient (Wildman–Crippen LogP) is 0.235. The Morgan fingerprint density at radius 3 is 2.75 bits per heavy atom. The molecular formula is C9H9N5O2. The van der Waals surface area contributed by atoms with Gasteiger partial charge in [0.15, 0.2) is 11.6 Å². The van der Waals surface area contributed by atoms with E-state index in [0.29, 0.717) is 11.5 Å². The van der Waals surface area contributed by atoms with Crippen molar-refractivity contribution in [1.82, 2.24) is 20.2 Å². The molecule has 0 spiro atoms. The van der Waals surface area contributed by atoms with E-state index in [-0.39, 0.29) is 11.4 Å². The molecule has 7 heteroatoms. The van der Waals surface area contributed by atoms with E-state index in [1.165, 1.54) is 7.11 Å². The Morgan fingerprint density at radius 1 is 1.44 bits per heavy atom. The summed E-state index contributed by atoms with van der Waals surface area (Å²) in [7, 11) is 1.27. The first-order valence-corrected chi connectivity index (χ1v) is 4.43. The molecule has 2 rings (SSSR count). The number of esters is 1. The highest BCUT2D eigenvalue weighted by molar-refractivity contribution is 5.99. The molecule has 0 aliphatic rings. The maximum Gasteiger partial charge on any atom is 0.344 e. The first kappa shape index (κ1) is 10.1. The van der Waals surface area contributed by atoms with Crippen LogP contribution in [0.15, 0.2) is 18.5 Å². The molecule has 0 aliphatic heterocycles. The molecular weight excluding hydrogens is 210 g/mol. The van der Waals surface area contributed by atoms with Crippen LogP contribution in [0.4, 0.5) is 5.82 Å². The molecule has 0 radical (unpaired) electrons. The van der Waals surface area contributed by atoms with Gasteiger partial charge in [-0.3, -0.25) is 5.10 Å². The van der Waals surface area contributed by atoms with Gasteiger partial charge in [-0.05, 0) is 6.07 Å². The van der Waals surface area contributed by atoms with Gasteiger partial charge in [0.1, 0.15) is 11.3 Å². The molecule has 7 nitrogen and oxygen atoms in total. The molecule has 16 heavy (non-hydrogen) atoms. The number of anilines is 1. The van der Waals surface area contributed by atoms with Crippen molar-refractivity contribution in [3.63, 3.8) is 0 Å². The Bertz CT molecular complexity index is 508. The van der Waals surface area contributed by atoms with E-state index in [1.807, 2.05) is 0 Å². The second-order valence-corrected chi connectivity index (χ2v) is 2.92. The van der Waals surface area contributed by atoms with E-state index in [4.69, 9.17) is 5.73 Å². The van der Waals surface area contributed by atoms with Gasteiger partial charge in [0.25, 0.3) is 0 Å². The molecule has 0 amide bonds. The average molecular weight is 219 g/mol. The van der Waals surface area contributed by atoms with Crippen molar-refractivity contribution in [3.05, 3.63) is 24.0 Å². The van der Waals surface area contributed by atoms with Gasteiger partial charge in [-0.1, -0.05) is 0 Å². The summed E-state index contributed by atoms with van der Waals surface area (Å²) in [4.78, 5) is 19.5. The number of nitrogens with zero attached hydrogens (tertiary/aromatic N) is 3. The zero-order valence-electron chi connectivity index (χ0n) is 8.47. The third kappa shape index (κ3) is 1.58. The van der Waals surface area contributed by atoms with E-state index < -0.39 is 5.97 Å². The minimum Gasteiger partial charge on any atom is -0.465 e. The number of hydrogen-bond donors (Lipinski definition) is 2. The second-order valence-electron chi connectivity index (χ2n) is 2.92. The molecule has 0 fully saturated rings. The number of carbonyl (C=O) groups excluding carboxylic acids is 1. The molecule has 0 bridgehead atoms. The lowest BCUT2D eigenvalue weighted by Crippen LogP contribution is -2.06. The molecule has 0 atom stereocenters. The monoisotopic (exact) mass is 219 g/mol. The standard InChI is InChI=1S/C9H9N5O2/c1-16-9(15)5-6(13-14-7(5)10)8-11-3-2-4-12-8/h2-4H,1H3,(H3,10,13,14). The van der Waals surface area contributed by atoms with E-state index in [0.717, 1.165) is 0 Å². The molecule has 82 valence electrons. The molecule has 0 aliphatic carbocycles. The number of ether oxygens (including phenoxy) is 1. The van der Waals surface area contributed by atoms with Crippen LogP contribution < -0.4 is 5.73 Å². The van der Waals surface area contributed by atoms with Crippen LogP contribution in [0.5, 0.6) is 0 Å². The number of nitrogen functional groups attached to an aromatic ring is 1. The summed E-state index contributed by atoms with van der Waals surface area (Å²) >= 11 is 0. The second kappa shape index (κ2) is 3.97. The number of rotatable bonds is 2. The zero-order chi connectivity index (χ0) is 11.5. The van der Waals surface area contributed by atoms with Gasteiger partial charge in [-0.15, -0.1) is 0 Å². The van der Waals surface area contributed by atoms with E-state index in [9.17, 15) is 4.79 Å². The van der Waals surface area contributed by atoms with Crippen molar-refractivity contribution in [1.29, 1.82) is 0 Å². The molecule has 0 saturated heterocycles. The maximum atomic E-state index is 11.5. The van der Waals surface area contributed by atoms with Crippen LogP contribution in [0.1, 0.15) is 10.4 Å². The third-order valence-electron chi connectivity index (χ3n) is 1.97. The van der Waals surface area contributed by atoms with Gasteiger partial charge in [0.05, 0.1) is 7.11 Å². The third-order valence-corrected chi connectivity index (χ3v) is 1.97. The van der Waals surface area contributed by atoms with E-state index in [1.54, 1.807) is 18.5 Å². The summed E-state index contributed by atoms with van der Waals surface area (Å²) in [6, 6.07) is 1.67. The molecule has 2 heterocycles. The van der Waals surface area contributed by atoms with Gasteiger partial charge in [-0.25, -0.2) is 14.8 Å². The number of hydrogen-bond acceptors (Lipinski definition) is 6. The van der Waals surface area contributed by atoms with Crippen molar-refractivity contribution in [3.8, 4) is 11.5 Å². The van der Waals surface area contributed by atoms with Crippen LogP contribution in [-0.4, -0.2) is 33.2 Å². The SMILES string of the molecule is COC(=O)c1c(N)n[nH]c1-c1ncccn1. The fraction of sp³-hybridized carbons (Fsp3) is 0.111. The van der Waals surface area contributed by atoms with E-state index in [2.05, 4.69) is 24.9 Å². The highest BCUT2D eigenvalue weighted by Gasteiger charge is 2.21. The fourth-order valence-corrected chi connectivity index (χ4v) is 1.25. The lowest BCUT2D eigenvalue weighted by molar-refractivity contribution is 0.0603. The van der Waals surface area contributed by atoms with Crippen molar-refractivity contribution in [2.45, 2.75) is 0 Å². The minimum atomic E-state index is -0.575. The van der Waals surface area contributed by atoms with Crippen LogP contribution >= 0.6 is 0 Å². The Morgan fingerprint density at radius 2 is 2.12 bits per heavy atom. The van der Waals surface area contributed by atoms with Crippen LogP contribution in [-0.2, 0) is 4.74 Å². The predicted molar refractivity (Wildman–Crippen MR) is 55.4 cm³/mol. The number of nitrogens with two attached hydrogens (primary N) is 1. The largest absolute Gasteiger partial charge is 0.465 e. The number of aromatic amines is 1. The fourth-order valence-electron chi connectivity index (χ4n) is 1.25. The van der Waals surface area contributed by atoms with Gasteiger partial charge in [0.2, 0.25) is 0 Å². The first-order valence-electron chi connectivity index (χ1n) is 4.43. The van der Waals surface area contributed by atoms with Crippen molar-refractivity contribution in [2.24, 2.45) is 0 Å². The minimum absolute atomic E-state index is 0.0642. The van der Waals surface area contributed by atoms with Gasteiger partial charge in [0, 0.05) is 12.4 Å². The summed E-state index contributed by atoms with van der Waals surface area (Å²) in [6.45, 7) is 0. The maximum absolute atomic E-state index is 11.5.